The van der Waals surface area contributed by atoms with Gasteiger partial charge in [0.25, 0.3) is 0 Å². The minimum atomic E-state index is 0.498. The number of nitrogens with one attached hydrogen (secondary N) is 1. The Hall–Kier alpha value is -0.470. The number of hydrogen-bond donors (Lipinski definition) is 1. The molecule has 1 N–H and O–H groups in total. The summed E-state index contributed by atoms with van der Waals surface area (Å²) >= 11 is 2.05. The zero-order valence-electron chi connectivity index (χ0n) is 13.2. The van der Waals surface area contributed by atoms with Gasteiger partial charge in [0.2, 0.25) is 0 Å². The average Bonchev–Trinajstić information content (AvgIpc) is 2.38. The van der Waals surface area contributed by atoms with Gasteiger partial charge in [0.1, 0.15) is 0 Å². The second kappa shape index (κ2) is 8.09. The van der Waals surface area contributed by atoms with Crippen LogP contribution in [0.2, 0.25) is 0 Å². The van der Waals surface area contributed by atoms with Crippen LogP contribution in [-0.2, 0) is 0 Å². The van der Waals surface area contributed by atoms with E-state index in [1.807, 2.05) is 11.8 Å². The van der Waals surface area contributed by atoms with E-state index >= 15 is 0 Å². The number of thioether (sulfide) groups is 1. The highest BCUT2D eigenvalue weighted by molar-refractivity contribution is 7.99. The van der Waals surface area contributed by atoms with Crippen LogP contribution in [0.15, 0.2) is 24.3 Å². The lowest BCUT2D eigenvalue weighted by atomic mass is 9.80. The molecule has 1 saturated carbocycles. The van der Waals surface area contributed by atoms with Crippen LogP contribution < -0.4 is 5.32 Å². The molecule has 1 nitrogen and oxygen atoms in total. The zero-order chi connectivity index (χ0) is 14.4. The standard InChI is InChI=1S/C18H29NS/c1-4-12-19-18(13-20-14(2)3)17-10-8-16(9-11-17)15-6-5-7-15/h8-11,14-15,18-19H,4-7,12-13H2,1-3H3. The van der Waals surface area contributed by atoms with Crippen LogP contribution in [0.4, 0.5) is 0 Å². The smallest absolute Gasteiger partial charge is 0.0411 e. The van der Waals surface area contributed by atoms with Gasteiger partial charge >= 0.3 is 0 Å². The SMILES string of the molecule is CCCNC(CSC(C)C)c1ccc(C2CCC2)cc1. The molecule has 0 amide bonds. The van der Waals surface area contributed by atoms with Crippen molar-refractivity contribution in [2.45, 2.75) is 63.7 Å². The molecule has 20 heavy (non-hydrogen) atoms. The van der Waals surface area contributed by atoms with E-state index in [0.717, 1.165) is 12.5 Å². The summed E-state index contributed by atoms with van der Waals surface area (Å²) in [5.41, 5.74) is 3.00. The molecule has 0 aromatic heterocycles. The van der Waals surface area contributed by atoms with Crippen LogP contribution in [0.5, 0.6) is 0 Å². The van der Waals surface area contributed by atoms with Crippen molar-refractivity contribution in [3.05, 3.63) is 35.4 Å². The van der Waals surface area contributed by atoms with Gasteiger partial charge in [-0.3, -0.25) is 0 Å². The molecule has 0 aliphatic heterocycles. The predicted molar refractivity (Wildman–Crippen MR) is 91.7 cm³/mol. The van der Waals surface area contributed by atoms with E-state index in [2.05, 4.69) is 50.4 Å². The summed E-state index contributed by atoms with van der Waals surface area (Å²) in [6.07, 6.45) is 5.39. The monoisotopic (exact) mass is 291 g/mol. The molecule has 1 unspecified atom stereocenters. The van der Waals surface area contributed by atoms with Crippen LogP contribution in [0.1, 0.15) is 69.5 Å². The molecule has 0 spiro atoms. The van der Waals surface area contributed by atoms with Gasteiger partial charge in [-0.05, 0) is 48.1 Å². The van der Waals surface area contributed by atoms with Gasteiger partial charge in [-0.25, -0.2) is 0 Å². The van der Waals surface area contributed by atoms with Gasteiger partial charge in [-0.15, -0.1) is 0 Å². The van der Waals surface area contributed by atoms with Gasteiger partial charge in [0, 0.05) is 11.8 Å². The van der Waals surface area contributed by atoms with E-state index < -0.39 is 0 Å². The largest absolute Gasteiger partial charge is 0.309 e. The van der Waals surface area contributed by atoms with Gasteiger partial charge in [-0.2, -0.15) is 11.8 Å². The highest BCUT2D eigenvalue weighted by atomic mass is 32.2. The molecule has 0 radical (unpaired) electrons. The van der Waals surface area contributed by atoms with Crippen molar-refractivity contribution in [2.24, 2.45) is 0 Å². The molecule has 1 aliphatic rings. The van der Waals surface area contributed by atoms with E-state index in [-0.39, 0.29) is 0 Å². The molecule has 112 valence electrons. The molecule has 0 saturated heterocycles. The summed E-state index contributed by atoms with van der Waals surface area (Å²) in [4.78, 5) is 0. The lowest BCUT2D eigenvalue weighted by molar-refractivity contribution is 0.419. The Kier molecular flexibility index (Phi) is 6.44. The second-order valence-corrected chi connectivity index (χ2v) is 7.79. The number of hydrogen-bond acceptors (Lipinski definition) is 2. The summed E-state index contributed by atoms with van der Waals surface area (Å²) in [5.74, 6) is 2.01. The van der Waals surface area contributed by atoms with Gasteiger partial charge in [-0.1, -0.05) is 51.5 Å². The lowest BCUT2D eigenvalue weighted by Gasteiger charge is -2.26. The molecule has 2 heteroatoms. The van der Waals surface area contributed by atoms with Gasteiger partial charge < -0.3 is 5.32 Å². The predicted octanol–water partition coefficient (Wildman–Crippen LogP) is 5.14. The second-order valence-electron chi connectivity index (χ2n) is 6.18. The Labute approximate surface area is 128 Å². The van der Waals surface area contributed by atoms with Crippen molar-refractivity contribution in [1.29, 1.82) is 0 Å². The third kappa shape index (κ3) is 4.53. The molecule has 1 aromatic carbocycles. The lowest BCUT2D eigenvalue weighted by Crippen LogP contribution is -2.24. The Balaban J connectivity index is 1.98. The first kappa shape index (κ1) is 15.9. The van der Waals surface area contributed by atoms with E-state index in [0.29, 0.717) is 11.3 Å². The molecule has 2 rings (SSSR count). The summed E-state index contributed by atoms with van der Waals surface area (Å²) in [7, 11) is 0. The van der Waals surface area contributed by atoms with Crippen LogP contribution in [0.3, 0.4) is 0 Å². The fourth-order valence-corrected chi connectivity index (χ4v) is 3.51. The van der Waals surface area contributed by atoms with E-state index in [9.17, 15) is 0 Å². The highest BCUT2D eigenvalue weighted by Crippen LogP contribution is 2.36. The minimum absolute atomic E-state index is 0.498. The van der Waals surface area contributed by atoms with Crippen molar-refractivity contribution in [2.75, 3.05) is 12.3 Å². The molecule has 1 aromatic rings. The van der Waals surface area contributed by atoms with Gasteiger partial charge in [0.05, 0.1) is 0 Å². The summed E-state index contributed by atoms with van der Waals surface area (Å²) < 4.78 is 0. The van der Waals surface area contributed by atoms with Crippen LogP contribution in [0.25, 0.3) is 0 Å². The maximum Gasteiger partial charge on any atom is 0.0411 e. The fourth-order valence-electron chi connectivity index (χ4n) is 2.62. The van der Waals surface area contributed by atoms with Crippen LogP contribution in [-0.4, -0.2) is 17.5 Å². The Morgan fingerprint density at radius 2 is 1.90 bits per heavy atom. The van der Waals surface area contributed by atoms with Crippen molar-refractivity contribution in [3.8, 4) is 0 Å². The summed E-state index contributed by atoms with van der Waals surface area (Å²) in [5, 5.41) is 4.40. The first-order chi connectivity index (χ1) is 9.70. The molecule has 1 atom stereocenters. The highest BCUT2D eigenvalue weighted by Gasteiger charge is 2.19. The first-order valence-electron chi connectivity index (χ1n) is 8.15. The molecule has 0 heterocycles. The Morgan fingerprint density at radius 3 is 2.40 bits per heavy atom. The van der Waals surface area contributed by atoms with E-state index in [1.165, 1.54) is 37.0 Å². The molecule has 0 bridgehead atoms. The third-order valence-electron chi connectivity index (χ3n) is 4.15. The van der Waals surface area contributed by atoms with Crippen LogP contribution >= 0.6 is 11.8 Å². The molecular weight excluding hydrogens is 262 g/mol. The summed E-state index contributed by atoms with van der Waals surface area (Å²) in [6, 6.07) is 9.92. The average molecular weight is 292 g/mol. The molecular formula is C18H29NS. The first-order valence-corrected chi connectivity index (χ1v) is 9.20. The van der Waals surface area contributed by atoms with Crippen molar-refractivity contribution in [1.82, 2.24) is 5.32 Å². The maximum atomic E-state index is 3.70. The Bertz CT molecular complexity index is 381. The normalized spacial score (nSPS) is 17.2. The van der Waals surface area contributed by atoms with Crippen molar-refractivity contribution in [3.63, 3.8) is 0 Å². The quantitative estimate of drug-likeness (QED) is 0.712. The maximum absolute atomic E-state index is 3.70. The molecule has 1 fully saturated rings. The zero-order valence-corrected chi connectivity index (χ0v) is 14.0. The third-order valence-corrected chi connectivity index (χ3v) is 5.34. The minimum Gasteiger partial charge on any atom is -0.309 e. The molecule has 1 aliphatic carbocycles. The number of benzene rings is 1. The Morgan fingerprint density at radius 1 is 1.20 bits per heavy atom. The van der Waals surface area contributed by atoms with Crippen LogP contribution in [0, 0.1) is 0 Å². The van der Waals surface area contributed by atoms with Crippen molar-refractivity contribution >= 4 is 11.8 Å². The van der Waals surface area contributed by atoms with E-state index in [1.54, 1.807) is 5.56 Å². The topological polar surface area (TPSA) is 12.0 Å². The van der Waals surface area contributed by atoms with E-state index in [4.69, 9.17) is 0 Å². The fraction of sp³-hybridized carbons (Fsp3) is 0.667. The van der Waals surface area contributed by atoms with Gasteiger partial charge in [0.15, 0.2) is 0 Å². The summed E-state index contributed by atoms with van der Waals surface area (Å²) in [6.45, 7) is 7.90. The van der Waals surface area contributed by atoms with Crippen molar-refractivity contribution < 1.29 is 0 Å². The number of rotatable bonds is 8.